The Morgan fingerprint density at radius 3 is 2.63 bits per heavy atom. The Morgan fingerprint density at radius 2 is 2.05 bits per heavy atom. The van der Waals surface area contributed by atoms with Gasteiger partial charge in [-0.2, -0.15) is 0 Å². The van der Waals surface area contributed by atoms with Crippen LogP contribution >= 0.6 is 11.3 Å². The Bertz CT molecular complexity index is 469. The smallest absolute Gasteiger partial charge is 0.341 e. The molecular formula is C13H20N2O3S. The highest BCUT2D eigenvalue weighted by Crippen LogP contribution is 2.33. The summed E-state index contributed by atoms with van der Waals surface area (Å²) in [5.74, 6) is -0.518. The minimum atomic E-state index is -0.390. The lowest BCUT2D eigenvalue weighted by molar-refractivity contribution is -0.116. The van der Waals surface area contributed by atoms with Gasteiger partial charge in [0, 0.05) is 11.3 Å². The van der Waals surface area contributed by atoms with Crippen molar-refractivity contribution >= 4 is 28.2 Å². The van der Waals surface area contributed by atoms with Crippen LogP contribution in [0.25, 0.3) is 0 Å². The fourth-order valence-electron chi connectivity index (χ4n) is 1.62. The van der Waals surface area contributed by atoms with E-state index in [4.69, 9.17) is 10.5 Å². The molecule has 0 aliphatic rings. The zero-order chi connectivity index (χ0) is 14.4. The van der Waals surface area contributed by atoms with Gasteiger partial charge in [0.1, 0.15) is 5.00 Å². The summed E-state index contributed by atoms with van der Waals surface area (Å²) in [5, 5.41) is 3.33. The third kappa shape index (κ3) is 4.04. The summed E-state index contributed by atoms with van der Waals surface area (Å²) >= 11 is 1.39. The van der Waals surface area contributed by atoms with Crippen molar-refractivity contribution in [3.05, 3.63) is 16.0 Å². The summed E-state index contributed by atoms with van der Waals surface area (Å²) in [4.78, 5) is 24.6. The Kier molecular flexibility index (Phi) is 5.98. The molecule has 1 aromatic heterocycles. The lowest BCUT2D eigenvalue weighted by Gasteiger charge is -2.06. The topological polar surface area (TPSA) is 81.4 Å². The van der Waals surface area contributed by atoms with Crippen LogP contribution in [0.5, 0.6) is 0 Å². The number of esters is 1. The molecule has 0 aromatic carbocycles. The van der Waals surface area contributed by atoms with E-state index in [-0.39, 0.29) is 5.91 Å². The van der Waals surface area contributed by atoms with E-state index in [9.17, 15) is 9.59 Å². The maximum atomic E-state index is 11.9. The Morgan fingerprint density at radius 1 is 1.37 bits per heavy atom. The van der Waals surface area contributed by atoms with Crippen LogP contribution in [0.1, 0.15) is 40.6 Å². The maximum Gasteiger partial charge on any atom is 0.341 e. The van der Waals surface area contributed by atoms with Crippen LogP contribution < -0.4 is 11.1 Å². The highest BCUT2D eigenvalue weighted by molar-refractivity contribution is 7.16. The van der Waals surface area contributed by atoms with E-state index in [1.165, 1.54) is 11.3 Å². The quantitative estimate of drug-likeness (QED) is 0.785. The van der Waals surface area contributed by atoms with Gasteiger partial charge >= 0.3 is 5.97 Å². The molecule has 0 fully saturated rings. The van der Waals surface area contributed by atoms with Crippen LogP contribution in [0.2, 0.25) is 0 Å². The highest BCUT2D eigenvalue weighted by atomic mass is 32.1. The number of nitrogens with two attached hydrogens (primary N) is 1. The van der Waals surface area contributed by atoms with E-state index in [2.05, 4.69) is 5.32 Å². The molecule has 0 unspecified atom stereocenters. The first-order chi connectivity index (χ1) is 9.01. The number of amides is 1. The second-order valence-corrected chi connectivity index (χ2v) is 5.37. The van der Waals surface area contributed by atoms with Crippen molar-refractivity contribution in [1.82, 2.24) is 0 Å². The third-order valence-electron chi connectivity index (χ3n) is 2.73. The predicted octanol–water partition coefficient (Wildman–Crippen LogP) is 2.22. The molecule has 3 N–H and O–H groups in total. The first-order valence-electron chi connectivity index (χ1n) is 6.28. The molecule has 0 bridgehead atoms. The van der Waals surface area contributed by atoms with Crippen LogP contribution in [0.4, 0.5) is 5.00 Å². The van der Waals surface area contributed by atoms with E-state index in [1.54, 1.807) is 6.92 Å². The number of hydrogen-bond acceptors (Lipinski definition) is 5. The number of ether oxygens (including phenoxy) is 1. The van der Waals surface area contributed by atoms with E-state index in [0.717, 1.165) is 10.4 Å². The van der Waals surface area contributed by atoms with Gasteiger partial charge in [0.15, 0.2) is 0 Å². The van der Waals surface area contributed by atoms with Gasteiger partial charge in [0.05, 0.1) is 12.2 Å². The van der Waals surface area contributed by atoms with Crippen molar-refractivity contribution in [1.29, 1.82) is 0 Å². The molecule has 5 nitrogen and oxygen atoms in total. The molecule has 1 aromatic rings. The summed E-state index contributed by atoms with van der Waals surface area (Å²) in [7, 11) is 0. The number of hydrogen-bond donors (Lipinski definition) is 2. The second-order valence-electron chi connectivity index (χ2n) is 4.15. The molecule has 0 aliphatic heterocycles. The standard InChI is InChI=1S/C13H20N2O3S/c1-4-18-13(17)11-8(2)9(3)19-12(11)15-10(16)6-5-7-14/h4-7,14H2,1-3H3,(H,15,16). The molecule has 0 saturated carbocycles. The minimum Gasteiger partial charge on any atom is -0.462 e. The third-order valence-corrected chi connectivity index (χ3v) is 3.85. The summed E-state index contributed by atoms with van der Waals surface area (Å²) < 4.78 is 5.02. The zero-order valence-electron chi connectivity index (χ0n) is 11.5. The Hall–Kier alpha value is -1.40. The van der Waals surface area contributed by atoms with Crippen LogP contribution in [-0.2, 0) is 9.53 Å². The molecule has 1 amide bonds. The molecule has 6 heteroatoms. The molecule has 0 saturated heterocycles. The van der Waals surface area contributed by atoms with Crippen LogP contribution in [0.15, 0.2) is 0 Å². The average molecular weight is 284 g/mol. The zero-order valence-corrected chi connectivity index (χ0v) is 12.4. The first kappa shape index (κ1) is 15.7. The van der Waals surface area contributed by atoms with Gasteiger partial charge < -0.3 is 15.8 Å². The summed E-state index contributed by atoms with van der Waals surface area (Å²) in [5.41, 5.74) is 6.69. The van der Waals surface area contributed by atoms with Crippen molar-refractivity contribution in [3.8, 4) is 0 Å². The van der Waals surface area contributed by atoms with E-state index in [0.29, 0.717) is 36.6 Å². The number of aryl methyl sites for hydroxylation is 1. The van der Waals surface area contributed by atoms with E-state index >= 15 is 0 Å². The van der Waals surface area contributed by atoms with E-state index < -0.39 is 5.97 Å². The van der Waals surface area contributed by atoms with Crippen LogP contribution in [0.3, 0.4) is 0 Å². The highest BCUT2D eigenvalue weighted by Gasteiger charge is 2.21. The molecule has 19 heavy (non-hydrogen) atoms. The van der Waals surface area contributed by atoms with Crippen LogP contribution in [-0.4, -0.2) is 25.0 Å². The van der Waals surface area contributed by atoms with Gasteiger partial charge in [-0.3, -0.25) is 4.79 Å². The number of anilines is 1. The largest absolute Gasteiger partial charge is 0.462 e. The lowest BCUT2D eigenvalue weighted by atomic mass is 10.1. The van der Waals surface area contributed by atoms with Crippen molar-refractivity contribution in [3.63, 3.8) is 0 Å². The lowest BCUT2D eigenvalue weighted by Crippen LogP contribution is -2.15. The van der Waals surface area contributed by atoms with Gasteiger partial charge in [-0.05, 0) is 39.3 Å². The van der Waals surface area contributed by atoms with E-state index in [1.807, 2.05) is 13.8 Å². The average Bonchev–Trinajstić information content (AvgIpc) is 2.62. The second kappa shape index (κ2) is 7.25. The SMILES string of the molecule is CCOC(=O)c1c(NC(=O)CCCN)sc(C)c1C. The molecule has 1 rings (SSSR count). The minimum absolute atomic E-state index is 0.128. The fraction of sp³-hybridized carbons (Fsp3) is 0.538. The van der Waals surface area contributed by atoms with Crippen LogP contribution in [0, 0.1) is 13.8 Å². The fourth-order valence-corrected chi connectivity index (χ4v) is 2.68. The van der Waals surface area contributed by atoms with Crippen molar-refractivity contribution in [2.75, 3.05) is 18.5 Å². The molecule has 106 valence electrons. The van der Waals surface area contributed by atoms with Gasteiger partial charge in [-0.1, -0.05) is 0 Å². The van der Waals surface area contributed by atoms with Gasteiger partial charge in [-0.25, -0.2) is 4.79 Å². The molecule has 1 heterocycles. The molecular weight excluding hydrogens is 264 g/mol. The van der Waals surface area contributed by atoms with Gasteiger partial charge in [0.2, 0.25) is 5.91 Å². The Labute approximate surface area is 117 Å². The van der Waals surface area contributed by atoms with Crippen molar-refractivity contribution < 1.29 is 14.3 Å². The number of carbonyl (C=O) groups excluding carboxylic acids is 2. The van der Waals surface area contributed by atoms with Gasteiger partial charge in [0.25, 0.3) is 0 Å². The number of rotatable bonds is 6. The molecule has 0 atom stereocenters. The maximum absolute atomic E-state index is 11.9. The normalized spacial score (nSPS) is 10.3. The number of thiophene rings is 1. The molecule has 0 aliphatic carbocycles. The predicted molar refractivity (Wildman–Crippen MR) is 76.7 cm³/mol. The molecule has 0 spiro atoms. The van der Waals surface area contributed by atoms with Crippen molar-refractivity contribution in [2.24, 2.45) is 5.73 Å². The first-order valence-corrected chi connectivity index (χ1v) is 7.09. The summed E-state index contributed by atoms with van der Waals surface area (Å²) in [6.45, 7) is 6.31. The number of carbonyl (C=O) groups is 2. The molecule has 0 radical (unpaired) electrons. The van der Waals surface area contributed by atoms with Gasteiger partial charge in [-0.15, -0.1) is 11.3 Å². The monoisotopic (exact) mass is 284 g/mol. The number of nitrogens with one attached hydrogen (secondary N) is 1. The Balaban J connectivity index is 2.91. The van der Waals surface area contributed by atoms with Crippen molar-refractivity contribution in [2.45, 2.75) is 33.6 Å². The summed E-state index contributed by atoms with van der Waals surface area (Å²) in [6.07, 6.45) is 0.985. The summed E-state index contributed by atoms with van der Waals surface area (Å²) in [6, 6.07) is 0.